The molecule has 0 aromatic carbocycles. The van der Waals surface area contributed by atoms with Gasteiger partial charge < -0.3 is 15.4 Å². The molecule has 1 aromatic heterocycles. The zero-order chi connectivity index (χ0) is 13.9. The molecule has 1 aromatic rings. The summed E-state index contributed by atoms with van der Waals surface area (Å²) in [6.07, 6.45) is 2.78. The molecular formula is C14H25IN4O. The van der Waals surface area contributed by atoms with E-state index < -0.39 is 0 Å². The number of pyridine rings is 1. The van der Waals surface area contributed by atoms with Crippen LogP contribution < -0.4 is 10.6 Å². The maximum absolute atomic E-state index is 5.28. The van der Waals surface area contributed by atoms with Gasteiger partial charge in [-0.15, -0.1) is 24.0 Å². The van der Waals surface area contributed by atoms with Gasteiger partial charge in [0, 0.05) is 33.0 Å². The Kier molecular flexibility index (Phi) is 11.4. The summed E-state index contributed by atoms with van der Waals surface area (Å²) in [7, 11) is 1.77. The maximum Gasteiger partial charge on any atom is 0.191 e. The Hall–Kier alpha value is -0.890. The van der Waals surface area contributed by atoms with E-state index in [9.17, 15) is 0 Å². The van der Waals surface area contributed by atoms with E-state index in [-0.39, 0.29) is 24.0 Å². The van der Waals surface area contributed by atoms with Crippen molar-refractivity contribution in [1.29, 1.82) is 0 Å². The van der Waals surface area contributed by atoms with Crippen molar-refractivity contribution < 1.29 is 4.74 Å². The highest BCUT2D eigenvalue weighted by Gasteiger charge is 2.01. The monoisotopic (exact) mass is 392 g/mol. The van der Waals surface area contributed by atoms with Crippen LogP contribution in [0.2, 0.25) is 0 Å². The van der Waals surface area contributed by atoms with E-state index in [0.717, 1.165) is 37.8 Å². The predicted molar refractivity (Wildman–Crippen MR) is 93.7 cm³/mol. The Morgan fingerprint density at radius 3 is 2.85 bits per heavy atom. The molecule has 0 aliphatic carbocycles. The quantitative estimate of drug-likeness (QED) is 0.323. The normalized spacial score (nSPS) is 10.8. The first-order chi connectivity index (χ1) is 9.27. The standard InChI is InChI=1S/C14H24N4O.HI/c1-4-19-10-6-9-17-14(15-3)18-11-13-12(2)7-5-8-16-13;/h5,7-8H,4,6,9-11H2,1-3H3,(H2,15,17,18);1H. The third kappa shape index (κ3) is 7.64. The lowest BCUT2D eigenvalue weighted by Gasteiger charge is -2.12. The van der Waals surface area contributed by atoms with Crippen LogP contribution in [0.3, 0.4) is 0 Å². The summed E-state index contributed by atoms with van der Waals surface area (Å²) in [5, 5.41) is 6.50. The van der Waals surface area contributed by atoms with Crippen molar-refractivity contribution in [3.05, 3.63) is 29.6 Å². The van der Waals surface area contributed by atoms with Gasteiger partial charge in [0.05, 0.1) is 12.2 Å². The largest absolute Gasteiger partial charge is 0.382 e. The van der Waals surface area contributed by atoms with Crippen molar-refractivity contribution in [2.45, 2.75) is 26.8 Å². The van der Waals surface area contributed by atoms with Crippen LogP contribution in [0.1, 0.15) is 24.6 Å². The highest BCUT2D eigenvalue weighted by atomic mass is 127. The van der Waals surface area contributed by atoms with E-state index in [1.54, 1.807) is 7.05 Å². The van der Waals surface area contributed by atoms with E-state index in [2.05, 4.69) is 33.6 Å². The summed E-state index contributed by atoms with van der Waals surface area (Å²) >= 11 is 0. The molecule has 0 aliphatic rings. The average molecular weight is 392 g/mol. The van der Waals surface area contributed by atoms with Gasteiger partial charge in [-0.3, -0.25) is 9.98 Å². The lowest BCUT2D eigenvalue weighted by molar-refractivity contribution is 0.145. The molecule has 1 rings (SSSR count). The molecule has 0 saturated carbocycles. The van der Waals surface area contributed by atoms with Crippen molar-refractivity contribution in [3.8, 4) is 0 Å². The molecule has 0 bridgehead atoms. The van der Waals surface area contributed by atoms with Gasteiger partial charge in [-0.1, -0.05) is 6.07 Å². The van der Waals surface area contributed by atoms with Crippen molar-refractivity contribution in [2.24, 2.45) is 4.99 Å². The molecule has 6 heteroatoms. The van der Waals surface area contributed by atoms with Gasteiger partial charge in [0.25, 0.3) is 0 Å². The Labute approximate surface area is 138 Å². The van der Waals surface area contributed by atoms with Gasteiger partial charge in [0.2, 0.25) is 0 Å². The fourth-order valence-electron chi connectivity index (χ4n) is 1.62. The number of aliphatic imine (C=N–C) groups is 1. The van der Waals surface area contributed by atoms with Crippen molar-refractivity contribution in [1.82, 2.24) is 15.6 Å². The summed E-state index contributed by atoms with van der Waals surface area (Å²) in [4.78, 5) is 8.52. The Bertz CT molecular complexity index is 399. The topological polar surface area (TPSA) is 58.5 Å². The number of halogens is 1. The lowest BCUT2D eigenvalue weighted by atomic mass is 10.2. The molecule has 0 unspecified atom stereocenters. The summed E-state index contributed by atoms with van der Waals surface area (Å²) in [5.74, 6) is 0.793. The summed E-state index contributed by atoms with van der Waals surface area (Å²) in [5.41, 5.74) is 2.22. The van der Waals surface area contributed by atoms with E-state index >= 15 is 0 Å². The molecule has 5 nitrogen and oxygen atoms in total. The van der Waals surface area contributed by atoms with Crippen LogP contribution in [0.15, 0.2) is 23.3 Å². The van der Waals surface area contributed by atoms with Gasteiger partial charge in [0.15, 0.2) is 5.96 Å². The minimum absolute atomic E-state index is 0. The van der Waals surface area contributed by atoms with Crippen molar-refractivity contribution in [2.75, 3.05) is 26.8 Å². The van der Waals surface area contributed by atoms with Gasteiger partial charge in [-0.2, -0.15) is 0 Å². The number of guanidine groups is 1. The minimum atomic E-state index is 0. The molecule has 0 fully saturated rings. The van der Waals surface area contributed by atoms with Crippen LogP contribution in [0, 0.1) is 6.92 Å². The van der Waals surface area contributed by atoms with Crippen LogP contribution in [-0.4, -0.2) is 37.7 Å². The summed E-state index contributed by atoms with van der Waals surface area (Å²) in [6, 6.07) is 4.00. The third-order valence-electron chi connectivity index (χ3n) is 2.73. The zero-order valence-corrected chi connectivity index (χ0v) is 14.8. The first-order valence-electron chi connectivity index (χ1n) is 6.70. The van der Waals surface area contributed by atoms with E-state index in [1.807, 2.05) is 19.2 Å². The molecule has 114 valence electrons. The molecule has 1 heterocycles. The SMILES string of the molecule is CCOCCCNC(=NC)NCc1ncccc1C.I. The van der Waals surface area contributed by atoms with Crippen LogP contribution >= 0.6 is 24.0 Å². The molecule has 2 N–H and O–H groups in total. The predicted octanol–water partition coefficient (Wildman–Crippen LogP) is 2.10. The molecule has 0 saturated heterocycles. The fraction of sp³-hybridized carbons (Fsp3) is 0.571. The third-order valence-corrected chi connectivity index (χ3v) is 2.73. The summed E-state index contributed by atoms with van der Waals surface area (Å²) < 4.78 is 5.28. The summed E-state index contributed by atoms with van der Waals surface area (Å²) in [6.45, 7) is 7.13. The number of hydrogen-bond donors (Lipinski definition) is 2. The van der Waals surface area contributed by atoms with Crippen LogP contribution in [-0.2, 0) is 11.3 Å². The lowest BCUT2D eigenvalue weighted by Crippen LogP contribution is -2.37. The number of nitrogens with zero attached hydrogens (tertiary/aromatic N) is 2. The van der Waals surface area contributed by atoms with Gasteiger partial charge in [0.1, 0.15) is 0 Å². The number of aromatic nitrogens is 1. The zero-order valence-electron chi connectivity index (χ0n) is 12.5. The number of rotatable bonds is 7. The first kappa shape index (κ1) is 19.1. The first-order valence-corrected chi connectivity index (χ1v) is 6.70. The average Bonchev–Trinajstić information content (AvgIpc) is 2.43. The Morgan fingerprint density at radius 1 is 1.40 bits per heavy atom. The second-order valence-corrected chi connectivity index (χ2v) is 4.17. The Morgan fingerprint density at radius 2 is 2.20 bits per heavy atom. The highest BCUT2D eigenvalue weighted by Crippen LogP contribution is 2.01. The van der Waals surface area contributed by atoms with Gasteiger partial charge in [-0.05, 0) is 31.9 Å². The molecule has 0 radical (unpaired) electrons. The molecular weight excluding hydrogens is 367 g/mol. The van der Waals surface area contributed by atoms with Crippen LogP contribution in [0.4, 0.5) is 0 Å². The minimum Gasteiger partial charge on any atom is -0.382 e. The van der Waals surface area contributed by atoms with Crippen LogP contribution in [0.5, 0.6) is 0 Å². The van der Waals surface area contributed by atoms with E-state index in [4.69, 9.17) is 4.74 Å². The van der Waals surface area contributed by atoms with E-state index in [0.29, 0.717) is 6.54 Å². The van der Waals surface area contributed by atoms with Gasteiger partial charge in [-0.25, -0.2) is 0 Å². The number of ether oxygens (including phenoxy) is 1. The smallest absolute Gasteiger partial charge is 0.191 e. The number of aryl methyl sites for hydroxylation is 1. The molecule has 0 spiro atoms. The van der Waals surface area contributed by atoms with Gasteiger partial charge >= 0.3 is 0 Å². The number of nitrogens with one attached hydrogen (secondary N) is 2. The fourth-order valence-corrected chi connectivity index (χ4v) is 1.62. The second-order valence-electron chi connectivity index (χ2n) is 4.17. The molecule has 0 atom stereocenters. The molecule has 0 aliphatic heterocycles. The molecule has 20 heavy (non-hydrogen) atoms. The van der Waals surface area contributed by atoms with Crippen molar-refractivity contribution >= 4 is 29.9 Å². The van der Waals surface area contributed by atoms with Crippen molar-refractivity contribution in [3.63, 3.8) is 0 Å². The number of hydrogen-bond acceptors (Lipinski definition) is 3. The van der Waals surface area contributed by atoms with E-state index in [1.165, 1.54) is 5.56 Å². The highest BCUT2D eigenvalue weighted by molar-refractivity contribution is 14.0. The Balaban J connectivity index is 0.00000361. The molecule has 0 amide bonds. The second kappa shape index (κ2) is 11.9. The van der Waals surface area contributed by atoms with Crippen LogP contribution in [0.25, 0.3) is 0 Å². The maximum atomic E-state index is 5.28.